The SMILES string of the molecule is COCCNC(=NCC(O)c1ccccc1)NCCc1ccco1. The number of rotatable bonds is 9. The summed E-state index contributed by atoms with van der Waals surface area (Å²) in [5, 5.41) is 16.6. The molecule has 24 heavy (non-hydrogen) atoms. The van der Waals surface area contributed by atoms with E-state index in [0.29, 0.717) is 25.7 Å². The van der Waals surface area contributed by atoms with Crippen LogP contribution < -0.4 is 10.6 Å². The molecule has 0 saturated carbocycles. The van der Waals surface area contributed by atoms with Crippen LogP contribution in [0.3, 0.4) is 0 Å². The Bertz CT molecular complexity index is 585. The van der Waals surface area contributed by atoms with Crippen molar-refractivity contribution in [2.45, 2.75) is 12.5 Å². The number of furan rings is 1. The predicted molar refractivity (Wildman–Crippen MR) is 94.0 cm³/mol. The third-order valence-electron chi connectivity index (χ3n) is 3.45. The number of aliphatic hydroxyl groups is 1. The Morgan fingerprint density at radius 3 is 2.67 bits per heavy atom. The minimum atomic E-state index is -0.628. The summed E-state index contributed by atoms with van der Waals surface area (Å²) in [6.07, 6.45) is 1.80. The molecule has 0 spiro atoms. The summed E-state index contributed by atoms with van der Waals surface area (Å²) in [5.41, 5.74) is 0.855. The van der Waals surface area contributed by atoms with Crippen molar-refractivity contribution in [2.75, 3.05) is 33.4 Å². The van der Waals surface area contributed by atoms with Crippen LogP contribution in [-0.2, 0) is 11.2 Å². The first-order valence-corrected chi connectivity index (χ1v) is 8.06. The molecule has 130 valence electrons. The second kappa shape index (κ2) is 10.5. The van der Waals surface area contributed by atoms with Gasteiger partial charge in [-0.1, -0.05) is 30.3 Å². The summed E-state index contributed by atoms with van der Waals surface area (Å²) in [6.45, 7) is 2.20. The molecule has 0 aliphatic carbocycles. The minimum Gasteiger partial charge on any atom is -0.469 e. The van der Waals surface area contributed by atoms with Crippen LogP contribution in [0.4, 0.5) is 0 Å². The van der Waals surface area contributed by atoms with Crippen molar-refractivity contribution in [2.24, 2.45) is 4.99 Å². The maximum Gasteiger partial charge on any atom is 0.191 e. The average molecular weight is 331 g/mol. The van der Waals surface area contributed by atoms with Gasteiger partial charge in [-0.05, 0) is 17.7 Å². The molecule has 0 amide bonds. The van der Waals surface area contributed by atoms with Crippen molar-refractivity contribution in [3.63, 3.8) is 0 Å². The second-order valence-corrected chi connectivity index (χ2v) is 5.29. The van der Waals surface area contributed by atoms with Crippen molar-refractivity contribution < 1.29 is 14.3 Å². The number of ether oxygens (including phenoxy) is 1. The first-order chi connectivity index (χ1) is 11.8. The number of methoxy groups -OCH3 is 1. The summed E-state index contributed by atoms with van der Waals surface area (Å²) in [7, 11) is 1.65. The highest BCUT2D eigenvalue weighted by Gasteiger charge is 2.07. The molecule has 0 fully saturated rings. The van der Waals surface area contributed by atoms with Gasteiger partial charge in [-0.3, -0.25) is 4.99 Å². The van der Waals surface area contributed by atoms with Crippen molar-refractivity contribution in [3.05, 3.63) is 60.1 Å². The summed E-state index contributed by atoms with van der Waals surface area (Å²) < 4.78 is 10.4. The summed E-state index contributed by atoms with van der Waals surface area (Å²) in [5.74, 6) is 1.57. The molecule has 3 N–H and O–H groups in total. The molecule has 1 aromatic carbocycles. The third kappa shape index (κ3) is 6.44. The molecule has 1 heterocycles. The van der Waals surface area contributed by atoms with Gasteiger partial charge < -0.3 is 24.9 Å². The Labute approximate surface area is 142 Å². The maximum absolute atomic E-state index is 10.2. The number of guanidine groups is 1. The van der Waals surface area contributed by atoms with Gasteiger partial charge in [0, 0.05) is 26.6 Å². The van der Waals surface area contributed by atoms with Gasteiger partial charge in [0.25, 0.3) is 0 Å². The molecule has 0 aliphatic heterocycles. The number of hydrogen-bond donors (Lipinski definition) is 3. The number of aliphatic hydroxyl groups excluding tert-OH is 1. The van der Waals surface area contributed by atoms with Crippen molar-refractivity contribution in [3.8, 4) is 0 Å². The molecule has 0 saturated heterocycles. The highest BCUT2D eigenvalue weighted by Crippen LogP contribution is 2.11. The van der Waals surface area contributed by atoms with E-state index in [1.807, 2.05) is 42.5 Å². The van der Waals surface area contributed by atoms with Crippen LogP contribution in [0.25, 0.3) is 0 Å². The van der Waals surface area contributed by atoms with E-state index in [4.69, 9.17) is 9.15 Å². The third-order valence-corrected chi connectivity index (χ3v) is 3.45. The fourth-order valence-electron chi connectivity index (χ4n) is 2.16. The molecule has 6 heteroatoms. The fraction of sp³-hybridized carbons (Fsp3) is 0.389. The van der Waals surface area contributed by atoms with E-state index in [2.05, 4.69) is 15.6 Å². The minimum absolute atomic E-state index is 0.285. The zero-order valence-electron chi connectivity index (χ0n) is 13.9. The molecule has 2 aromatic rings. The molecule has 0 radical (unpaired) electrons. The van der Waals surface area contributed by atoms with Gasteiger partial charge in [-0.25, -0.2) is 0 Å². The lowest BCUT2D eigenvalue weighted by atomic mass is 10.1. The van der Waals surface area contributed by atoms with Gasteiger partial charge in [-0.2, -0.15) is 0 Å². The Kier molecular flexibility index (Phi) is 7.86. The summed E-state index contributed by atoms with van der Waals surface area (Å²) in [4.78, 5) is 4.45. The number of nitrogens with zero attached hydrogens (tertiary/aromatic N) is 1. The second-order valence-electron chi connectivity index (χ2n) is 5.29. The Hall–Kier alpha value is -2.31. The molecular weight excluding hydrogens is 306 g/mol. The van der Waals surface area contributed by atoms with Gasteiger partial charge in [0.2, 0.25) is 0 Å². The van der Waals surface area contributed by atoms with Gasteiger partial charge in [0.1, 0.15) is 5.76 Å². The number of benzene rings is 1. The van der Waals surface area contributed by atoms with Gasteiger partial charge in [0.15, 0.2) is 5.96 Å². The number of hydrogen-bond acceptors (Lipinski definition) is 4. The van der Waals surface area contributed by atoms with Gasteiger partial charge in [0.05, 0.1) is 25.5 Å². The van der Waals surface area contributed by atoms with Crippen molar-refractivity contribution in [1.29, 1.82) is 0 Å². The molecular formula is C18H25N3O3. The first-order valence-electron chi connectivity index (χ1n) is 8.06. The highest BCUT2D eigenvalue weighted by atomic mass is 16.5. The molecule has 1 atom stereocenters. The van der Waals surface area contributed by atoms with E-state index < -0.39 is 6.10 Å². The largest absolute Gasteiger partial charge is 0.469 e. The number of nitrogens with one attached hydrogen (secondary N) is 2. The van der Waals surface area contributed by atoms with Crippen LogP contribution in [0.1, 0.15) is 17.4 Å². The lowest BCUT2D eigenvalue weighted by Gasteiger charge is -2.14. The zero-order chi connectivity index (χ0) is 17.0. The average Bonchev–Trinajstić information content (AvgIpc) is 3.13. The molecule has 0 bridgehead atoms. The number of aliphatic imine (C=N–C) groups is 1. The highest BCUT2D eigenvalue weighted by molar-refractivity contribution is 5.79. The van der Waals surface area contributed by atoms with Crippen LogP contribution in [0.15, 0.2) is 58.1 Å². The molecule has 2 rings (SSSR count). The standard InChI is InChI=1S/C18H25N3O3/c1-23-13-11-20-18(19-10-9-16-8-5-12-24-16)21-14-17(22)15-6-3-2-4-7-15/h2-8,12,17,22H,9-11,13-14H2,1H3,(H2,19,20,21). The van der Waals surface area contributed by atoms with Crippen molar-refractivity contribution in [1.82, 2.24) is 10.6 Å². The zero-order valence-corrected chi connectivity index (χ0v) is 13.9. The monoisotopic (exact) mass is 331 g/mol. The van der Waals surface area contributed by atoms with E-state index >= 15 is 0 Å². The fourth-order valence-corrected chi connectivity index (χ4v) is 2.16. The Morgan fingerprint density at radius 2 is 1.96 bits per heavy atom. The predicted octanol–water partition coefficient (Wildman–Crippen LogP) is 1.74. The topological polar surface area (TPSA) is 79.0 Å². The van der Waals surface area contributed by atoms with E-state index in [9.17, 15) is 5.11 Å². The van der Waals surface area contributed by atoms with E-state index in [-0.39, 0.29) is 6.54 Å². The summed E-state index contributed by atoms with van der Waals surface area (Å²) in [6, 6.07) is 13.3. The normalized spacial score (nSPS) is 12.8. The Morgan fingerprint density at radius 1 is 1.17 bits per heavy atom. The van der Waals surface area contributed by atoms with E-state index in [0.717, 1.165) is 17.7 Å². The molecule has 6 nitrogen and oxygen atoms in total. The smallest absolute Gasteiger partial charge is 0.191 e. The molecule has 0 aliphatic rings. The quantitative estimate of drug-likeness (QED) is 0.370. The van der Waals surface area contributed by atoms with Crippen LogP contribution in [0.2, 0.25) is 0 Å². The molecule has 1 aromatic heterocycles. The lowest BCUT2D eigenvalue weighted by Crippen LogP contribution is -2.40. The van der Waals surface area contributed by atoms with Crippen LogP contribution in [0.5, 0.6) is 0 Å². The van der Waals surface area contributed by atoms with Crippen LogP contribution in [0, 0.1) is 0 Å². The van der Waals surface area contributed by atoms with Crippen LogP contribution >= 0.6 is 0 Å². The Balaban J connectivity index is 1.85. The van der Waals surface area contributed by atoms with Gasteiger partial charge in [-0.15, -0.1) is 0 Å². The summed E-state index contributed by atoms with van der Waals surface area (Å²) >= 11 is 0. The lowest BCUT2D eigenvalue weighted by molar-refractivity contribution is 0.187. The van der Waals surface area contributed by atoms with E-state index in [1.165, 1.54) is 0 Å². The van der Waals surface area contributed by atoms with Crippen LogP contribution in [-0.4, -0.2) is 44.4 Å². The van der Waals surface area contributed by atoms with E-state index in [1.54, 1.807) is 13.4 Å². The maximum atomic E-state index is 10.2. The van der Waals surface area contributed by atoms with Crippen molar-refractivity contribution >= 4 is 5.96 Å². The first kappa shape index (κ1) is 18.0. The van der Waals surface area contributed by atoms with Gasteiger partial charge >= 0.3 is 0 Å². The molecule has 1 unspecified atom stereocenters.